The molecule has 0 amide bonds. The zero-order chi connectivity index (χ0) is 21.1. The van der Waals surface area contributed by atoms with Gasteiger partial charge in [0.1, 0.15) is 11.4 Å². The van der Waals surface area contributed by atoms with E-state index >= 15 is 0 Å². The van der Waals surface area contributed by atoms with Crippen molar-refractivity contribution in [3.05, 3.63) is 70.0 Å². The first kappa shape index (κ1) is 19.6. The Morgan fingerprint density at radius 1 is 1.10 bits per heavy atom. The standard InChI is InChI=1S/C23H22N4O3/c1-4-13-27-20-11-8-17(14-19(20)24-15(2)23(27)28)22-25-21(30-26-22)12-7-16-5-9-18(29-3)10-6-16/h5-12,14H,4,13H2,1-3H3/b12-7+. The van der Waals surface area contributed by atoms with Gasteiger partial charge in [-0.1, -0.05) is 24.2 Å². The number of fused-ring (bicyclic) bond motifs is 1. The molecule has 7 heteroatoms. The van der Waals surface area contributed by atoms with Crippen LogP contribution in [0, 0.1) is 6.92 Å². The Balaban J connectivity index is 1.63. The summed E-state index contributed by atoms with van der Waals surface area (Å²) in [7, 11) is 1.64. The number of methoxy groups -OCH3 is 1. The van der Waals surface area contributed by atoms with E-state index in [2.05, 4.69) is 15.1 Å². The second kappa shape index (κ2) is 8.32. The van der Waals surface area contributed by atoms with E-state index in [0.29, 0.717) is 24.0 Å². The molecule has 0 aliphatic carbocycles. The van der Waals surface area contributed by atoms with E-state index in [4.69, 9.17) is 9.26 Å². The molecule has 4 aromatic rings. The quantitative estimate of drug-likeness (QED) is 0.477. The molecule has 2 aromatic carbocycles. The fraction of sp³-hybridized carbons (Fsp3) is 0.217. The molecule has 4 rings (SSSR count). The first-order valence-electron chi connectivity index (χ1n) is 9.76. The summed E-state index contributed by atoms with van der Waals surface area (Å²) < 4.78 is 12.3. The molecule has 0 saturated heterocycles. The molecular weight excluding hydrogens is 380 g/mol. The van der Waals surface area contributed by atoms with Crippen LogP contribution < -0.4 is 10.3 Å². The van der Waals surface area contributed by atoms with E-state index in [0.717, 1.165) is 34.3 Å². The third kappa shape index (κ3) is 3.87. The highest BCUT2D eigenvalue weighted by Crippen LogP contribution is 2.22. The highest BCUT2D eigenvalue weighted by molar-refractivity contribution is 5.80. The molecule has 2 aromatic heterocycles. The third-order valence-electron chi connectivity index (χ3n) is 4.79. The fourth-order valence-corrected chi connectivity index (χ4v) is 3.26. The minimum atomic E-state index is -0.0531. The number of aromatic nitrogens is 4. The Bertz CT molecular complexity index is 1270. The lowest BCUT2D eigenvalue weighted by Crippen LogP contribution is -2.24. The topological polar surface area (TPSA) is 83.0 Å². The van der Waals surface area contributed by atoms with Crippen LogP contribution in [0.5, 0.6) is 5.75 Å². The Morgan fingerprint density at radius 3 is 2.63 bits per heavy atom. The van der Waals surface area contributed by atoms with Gasteiger partial charge >= 0.3 is 0 Å². The van der Waals surface area contributed by atoms with Crippen molar-refractivity contribution in [2.24, 2.45) is 0 Å². The molecule has 152 valence electrons. The van der Waals surface area contributed by atoms with E-state index in [1.807, 2.05) is 55.5 Å². The van der Waals surface area contributed by atoms with E-state index in [1.165, 1.54) is 0 Å². The lowest BCUT2D eigenvalue weighted by Gasteiger charge is -2.10. The predicted molar refractivity (Wildman–Crippen MR) is 116 cm³/mol. The normalized spacial score (nSPS) is 11.4. The van der Waals surface area contributed by atoms with Crippen molar-refractivity contribution in [2.45, 2.75) is 26.8 Å². The molecule has 0 unspecified atom stereocenters. The average Bonchev–Trinajstić information content (AvgIpc) is 3.24. The van der Waals surface area contributed by atoms with Crippen LogP contribution in [0.4, 0.5) is 0 Å². The molecule has 0 N–H and O–H groups in total. The number of nitrogens with zero attached hydrogens (tertiary/aromatic N) is 4. The van der Waals surface area contributed by atoms with Crippen LogP contribution in [0.15, 0.2) is 51.8 Å². The lowest BCUT2D eigenvalue weighted by molar-refractivity contribution is 0.411. The van der Waals surface area contributed by atoms with Gasteiger partial charge < -0.3 is 13.8 Å². The summed E-state index contributed by atoms with van der Waals surface area (Å²) in [5.41, 5.74) is 3.74. The maximum Gasteiger partial charge on any atom is 0.272 e. The molecular formula is C23H22N4O3. The number of aryl methyl sites for hydroxylation is 2. The Labute approximate surface area is 173 Å². The first-order valence-corrected chi connectivity index (χ1v) is 9.76. The van der Waals surface area contributed by atoms with Gasteiger partial charge in [0.15, 0.2) is 0 Å². The Morgan fingerprint density at radius 2 is 1.90 bits per heavy atom. The molecule has 0 spiro atoms. The van der Waals surface area contributed by atoms with Crippen LogP contribution in [-0.2, 0) is 6.54 Å². The zero-order valence-corrected chi connectivity index (χ0v) is 17.1. The summed E-state index contributed by atoms with van der Waals surface area (Å²) in [5, 5.41) is 4.08. The summed E-state index contributed by atoms with van der Waals surface area (Å²) >= 11 is 0. The summed E-state index contributed by atoms with van der Waals surface area (Å²) in [5.74, 6) is 1.68. The molecule has 0 saturated carbocycles. The highest BCUT2D eigenvalue weighted by atomic mass is 16.5. The molecule has 0 aliphatic rings. The second-order valence-corrected chi connectivity index (χ2v) is 6.92. The van der Waals surface area contributed by atoms with Gasteiger partial charge in [-0.15, -0.1) is 0 Å². The van der Waals surface area contributed by atoms with E-state index in [9.17, 15) is 4.79 Å². The predicted octanol–water partition coefficient (Wildman–Crippen LogP) is 4.34. The van der Waals surface area contributed by atoms with Crippen molar-refractivity contribution >= 4 is 23.2 Å². The van der Waals surface area contributed by atoms with Crippen molar-refractivity contribution < 1.29 is 9.26 Å². The smallest absolute Gasteiger partial charge is 0.272 e. The SMILES string of the molecule is CCCn1c(=O)c(C)nc2cc(-c3noc(/C=C/c4ccc(OC)cc4)n3)ccc21. The summed E-state index contributed by atoms with van der Waals surface area (Å²) in [4.78, 5) is 21.3. The Hall–Kier alpha value is -3.74. The van der Waals surface area contributed by atoms with E-state index in [1.54, 1.807) is 24.7 Å². The van der Waals surface area contributed by atoms with Gasteiger partial charge in [-0.2, -0.15) is 4.98 Å². The van der Waals surface area contributed by atoms with Gasteiger partial charge in [0.25, 0.3) is 11.4 Å². The lowest BCUT2D eigenvalue weighted by atomic mass is 10.1. The van der Waals surface area contributed by atoms with Crippen molar-refractivity contribution in [1.82, 2.24) is 19.7 Å². The average molecular weight is 402 g/mol. The molecule has 0 bridgehead atoms. The number of benzene rings is 2. The van der Waals surface area contributed by atoms with E-state index in [-0.39, 0.29) is 5.56 Å². The van der Waals surface area contributed by atoms with Gasteiger partial charge in [0.2, 0.25) is 5.82 Å². The number of rotatable bonds is 6. The van der Waals surface area contributed by atoms with Gasteiger partial charge in [-0.05, 0) is 55.3 Å². The number of hydrogen-bond donors (Lipinski definition) is 0. The van der Waals surface area contributed by atoms with Crippen molar-refractivity contribution in [3.8, 4) is 17.1 Å². The summed E-state index contributed by atoms with van der Waals surface area (Å²) in [6, 6.07) is 13.3. The molecule has 0 radical (unpaired) electrons. The van der Waals surface area contributed by atoms with Crippen LogP contribution >= 0.6 is 0 Å². The van der Waals surface area contributed by atoms with Crippen molar-refractivity contribution in [2.75, 3.05) is 7.11 Å². The van der Waals surface area contributed by atoms with Gasteiger partial charge in [-0.25, -0.2) is 4.98 Å². The van der Waals surface area contributed by atoms with Gasteiger partial charge in [0.05, 0.1) is 18.1 Å². The fourth-order valence-electron chi connectivity index (χ4n) is 3.26. The van der Waals surface area contributed by atoms with Crippen LogP contribution in [0.1, 0.15) is 30.5 Å². The van der Waals surface area contributed by atoms with Crippen LogP contribution in [-0.4, -0.2) is 26.8 Å². The monoisotopic (exact) mass is 402 g/mol. The highest BCUT2D eigenvalue weighted by Gasteiger charge is 2.12. The minimum absolute atomic E-state index is 0.0531. The summed E-state index contributed by atoms with van der Waals surface area (Å²) in [6.07, 6.45) is 4.53. The molecule has 7 nitrogen and oxygen atoms in total. The molecule has 0 atom stereocenters. The maximum absolute atomic E-state index is 12.4. The van der Waals surface area contributed by atoms with Gasteiger partial charge in [-0.3, -0.25) is 4.79 Å². The third-order valence-corrected chi connectivity index (χ3v) is 4.79. The molecule has 30 heavy (non-hydrogen) atoms. The second-order valence-electron chi connectivity index (χ2n) is 6.92. The van der Waals surface area contributed by atoms with Crippen LogP contribution in [0.25, 0.3) is 34.6 Å². The van der Waals surface area contributed by atoms with Crippen molar-refractivity contribution in [1.29, 1.82) is 0 Å². The minimum Gasteiger partial charge on any atom is -0.497 e. The summed E-state index contributed by atoms with van der Waals surface area (Å²) in [6.45, 7) is 4.43. The number of ether oxygens (including phenoxy) is 1. The van der Waals surface area contributed by atoms with Gasteiger partial charge in [0, 0.05) is 18.2 Å². The zero-order valence-electron chi connectivity index (χ0n) is 17.1. The first-order chi connectivity index (χ1) is 14.6. The maximum atomic E-state index is 12.4. The van der Waals surface area contributed by atoms with Crippen molar-refractivity contribution in [3.63, 3.8) is 0 Å². The molecule has 0 fully saturated rings. The number of hydrogen-bond acceptors (Lipinski definition) is 6. The molecule has 0 aliphatic heterocycles. The largest absolute Gasteiger partial charge is 0.497 e. The van der Waals surface area contributed by atoms with Crippen LogP contribution in [0.3, 0.4) is 0 Å². The Kier molecular flexibility index (Phi) is 5.43. The van der Waals surface area contributed by atoms with E-state index < -0.39 is 0 Å². The molecule has 2 heterocycles. The van der Waals surface area contributed by atoms with Crippen LogP contribution in [0.2, 0.25) is 0 Å².